The highest BCUT2D eigenvalue weighted by atomic mass is 16.1. The van der Waals surface area contributed by atoms with E-state index < -0.39 is 0 Å². The molecule has 1 aromatic carbocycles. The minimum absolute atomic E-state index is 0.0506. The lowest BCUT2D eigenvalue weighted by Gasteiger charge is -2.06. The number of benzene rings is 1. The van der Waals surface area contributed by atoms with E-state index in [1.165, 1.54) is 0 Å². The van der Waals surface area contributed by atoms with Crippen molar-refractivity contribution in [1.29, 1.82) is 0 Å². The summed E-state index contributed by atoms with van der Waals surface area (Å²) in [4.78, 5) is 10.4. The van der Waals surface area contributed by atoms with Crippen molar-refractivity contribution in [3.05, 3.63) is 29.8 Å². The van der Waals surface area contributed by atoms with E-state index in [1.54, 1.807) is 0 Å². The van der Waals surface area contributed by atoms with Gasteiger partial charge >= 0.3 is 0 Å². The first-order valence-electron chi connectivity index (χ1n) is 4.02. The second-order valence-electron chi connectivity index (χ2n) is 3.02. The molecule has 1 aromatic rings. The van der Waals surface area contributed by atoms with E-state index in [-0.39, 0.29) is 5.92 Å². The van der Waals surface area contributed by atoms with Gasteiger partial charge in [-0.25, -0.2) is 0 Å². The number of para-hydroxylation sites is 1. The van der Waals surface area contributed by atoms with Gasteiger partial charge in [-0.05, 0) is 18.1 Å². The summed E-state index contributed by atoms with van der Waals surface area (Å²) in [6.07, 6.45) is 1.68. The second-order valence-corrected chi connectivity index (χ2v) is 3.02. The summed E-state index contributed by atoms with van der Waals surface area (Å²) in [5.74, 6) is 0.0506. The third-order valence-electron chi connectivity index (χ3n) is 1.83. The zero-order valence-electron chi connectivity index (χ0n) is 7.16. The molecule has 0 aliphatic heterocycles. The Balaban J connectivity index is 2.75. The average Bonchev–Trinajstić information content (AvgIpc) is 2.09. The quantitative estimate of drug-likeness (QED) is 0.543. The normalized spacial score (nSPS) is 12.4. The number of carbonyl (C=O) groups is 1. The fourth-order valence-corrected chi connectivity index (χ4v) is 1.12. The second kappa shape index (κ2) is 3.90. The van der Waals surface area contributed by atoms with E-state index in [0.717, 1.165) is 24.0 Å². The van der Waals surface area contributed by atoms with Crippen LogP contribution in [0.5, 0.6) is 0 Å². The standard InChI is InChI=1S/C10H13NO/c1-8(7-12)6-9-4-2-3-5-10(9)11/h2-5,7-8H,6,11H2,1H3. The average molecular weight is 163 g/mol. The van der Waals surface area contributed by atoms with Gasteiger partial charge in [0.25, 0.3) is 0 Å². The van der Waals surface area contributed by atoms with Gasteiger partial charge in [-0.3, -0.25) is 0 Å². The zero-order chi connectivity index (χ0) is 8.97. The molecule has 0 heterocycles. The van der Waals surface area contributed by atoms with Gasteiger partial charge in [-0.1, -0.05) is 25.1 Å². The van der Waals surface area contributed by atoms with Crippen LogP contribution in [-0.2, 0) is 11.2 Å². The van der Waals surface area contributed by atoms with Crippen LogP contribution in [0.25, 0.3) is 0 Å². The smallest absolute Gasteiger partial charge is 0.123 e. The maximum absolute atomic E-state index is 10.4. The molecule has 1 unspecified atom stereocenters. The molecule has 1 rings (SSSR count). The molecule has 0 aromatic heterocycles. The molecule has 0 aliphatic carbocycles. The first-order chi connectivity index (χ1) is 5.74. The SMILES string of the molecule is CC(C=O)Cc1ccccc1N. The third-order valence-corrected chi connectivity index (χ3v) is 1.83. The molecule has 2 heteroatoms. The molecular weight excluding hydrogens is 150 g/mol. The molecule has 0 fully saturated rings. The Labute approximate surface area is 72.4 Å². The lowest BCUT2D eigenvalue weighted by atomic mass is 10.0. The van der Waals surface area contributed by atoms with E-state index >= 15 is 0 Å². The third kappa shape index (κ3) is 2.09. The zero-order valence-corrected chi connectivity index (χ0v) is 7.16. The van der Waals surface area contributed by atoms with Crippen molar-refractivity contribution in [1.82, 2.24) is 0 Å². The number of aldehydes is 1. The molecule has 0 radical (unpaired) electrons. The summed E-state index contributed by atoms with van der Waals surface area (Å²) in [5, 5.41) is 0. The molecule has 0 bridgehead atoms. The fourth-order valence-electron chi connectivity index (χ4n) is 1.12. The lowest BCUT2D eigenvalue weighted by molar-refractivity contribution is -0.110. The molecule has 0 amide bonds. The molecule has 0 saturated heterocycles. The van der Waals surface area contributed by atoms with E-state index in [2.05, 4.69) is 0 Å². The van der Waals surface area contributed by atoms with Crippen molar-refractivity contribution in [2.24, 2.45) is 5.92 Å². The van der Waals surface area contributed by atoms with Crippen LogP contribution in [0.4, 0.5) is 5.69 Å². The summed E-state index contributed by atoms with van der Waals surface area (Å²) >= 11 is 0. The number of anilines is 1. The van der Waals surface area contributed by atoms with Crippen LogP contribution < -0.4 is 5.73 Å². The highest BCUT2D eigenvalue weighted by Gasteiger charge is 2.03. The van der Waals surface area contributed by atoms with Crippen molar-refractivity contribution >= 4 is 12.0 Å². The van der Waals surface area contributed by atoms with Crippen LogP contribution >= 0.6 is 0 Å². The topological polar surface area (TPSA) is 43.1 Å². The predicted octanol–water partition coefficient (Wildman–Crippen LogP) is 1.65. The number of nitrogens with two attached hydrogens (primary N) is 1. The molecule has 2 nitrogen and oxygen atoms in total. The first-order valence-corrected chi connectivity index (χ1v) is 4.02. The van der Waals surface area contributed by atoms with Gasteiger partial charge < -0.3 is 10.5 Å². The molecule has 0 aliphatic rings. The van der Waals surface area contributed by atoms with Crippen molar-refractivity contribution in [3.63, 3.8) is 0 Å². The molecular formula is C10H13NO. The molecule has 2 N–H and O–H groups in total. The minimum Gasteiger partial charge on any atom is -0.399 e. The van der Waals surface area contributed by atoms with Crippen LogP contribution in [-0.4, -0.2) is 6.29 Å². The van der Waals surface area contributed by atoms with Gasteiger partial charge in [0.1, 0.15) is 6.29 Å². The highest BCUT2D eigenvalue weighted by molar-refractivity contribution is 5.56. The van der Waals surface area contributed by atoms with Crippen LogP contribution in [0, 0.1) is 5.92 Å². The minimum atomic E-state index is 0.0506. The van der Waals surface area contributed by atoms with Gasteiger partial charge in [0.2, 0.25) is 0 Å². The molecule has 12 heavy (non-hydrogen) atoms. The van der Waals surface area contributed by atoms with E-state index in [1.807, 2.05) is 31.2 Å². The number of hydrogen-bond acceptors (Lipinski definition) is 2. The predicted molar refractivity (Wildman–Crippen MR) is 49.8 cm³/mol. The Morgan fingerprint density at radius 2 is 2.17 bits per heavy atom. The summed E-state index contributed by atoms with van der Waals surface area (Å²) in [7, 11) is 0. The molecule has 64 valence electrons. The number of hydrogen-bond donors (Lipinski definition) is 1. The monoisotopic (exact) mass is 163 g/mol. The Kier molecular flexibility index (Phi) is 2.86. The van der Waals surface area contributed by atoms with Crippen LogP contribution in [0.15, 0.2) is 24.3 Å². The number of rotatable bonds is 3. The Morgan fingerprint density at radius 1 is 1.50 bits per heavy atom. The first kappa shape index (κ1) is 8.78. The van der Waals surface area contributed by atoms with Crippen LogP contribution in [0.3, 0.4) is 0 Å². The Bertz CT molecular complexity index is 270. The van der Waals surface area contributed by atoms with Crippen molar-refractivity contribution in [2.75, 3.05) is 5.73 Å². The Morgan fingerprint density at radius 3 is 2.75 bits per heavy atom. The lowest BCUT2D eigenvalue weighted by Crippen LogP contribution is -2.03. The van der Waals surface area contributed by atoms with Gasteiger partial charge in [-0.15, -0.1) is 0 Å². The largest absolute Gasteiger partial charge is 0.399 e. The number of nitrogen functional groups attached to an aromatic ring is 1. The summed E-state index contributed by atoms with van der Waals surface area (Å²) in [6.45, 7) is 1.89. The maximum Gasteiger partial charge on any atom is 0.123 e. The van der Waals surface area contributed by atoms with Crippen LogP contribution in [0.1, 0.15) is 12.5 Å². The maximum atomic E-state index is 10.4. The molecule has 0 saturated carbocycles. The van der Waals surface area contributed by atoms with Gasteiger partial charge in [0.15, 0.2) is 0 Å². The van der Waals surface area contributed by atoms with E-state index in [9.17, 15) is 4.79 Å². The number of carbonyl (C=O) groups excluding carboxylic acids is 1. The van der Waals surface area contributed by atoms with E-state index in [0.29, 0.717) is 0 Å². The highest BCUT2D eigenvalue weighted by Crippen LogP contribution is 2.14. The van der Waals surface area contributed by atoms with Crippen molar-refractivity contribution < 1.29 is 4.79 Å². The summed E-state index contributed by atoms with van der Waals surface area (Å²) in [5.41, 5.74) is 7.53. The van der Waals surface area contributed by atoms with Crippen molar-refractivity contribution in [3.8, 4) is 0 Å². The van der Waals surface area contributed by atoms with E-state index in [4.69, 9.17) is 5.73 Å². The Hall–Kier alpha value is -1.31. The molecule has 1 atom stereocenters. The van der Waals surface area contributed by atoms with Gasteiger partial charge in [0, 0.05) is 11.6 Å². The summed E-state index contributed by atoms with van der Waals surface area (Å²) < 4.78 is 0. The van der Waals surface area contributed by atoms with Gasteiger partial charge in [-0.2, -0.15) is 0 Å². The van der Waals surface area contributed by atoms with Crippen LogP contribution in [0.2, 0.25) is 0 Å². The molecule has 0 spiro atoms. The van der Waals surface area contributed by atoms with Crippen molar-refractivity contribution in [2.45, 2.75) is 13.3 Å². The van der Waals surface area contributed by atoms with Gasteiger partial charge in [0.05, 0.1) is 0 Å². The fraction of sp³-hybridized carbons (Fsp3) is 0.300. The summed E-state index contributed by atoms with van der Waals surface area (Å²) in [6, 6.07) is 7.63.